The molecule has 140 valence electrons. The first-order chi connectivity index (χ1) is 12.4. The van der Waals surface area contributed by atoms with Gasteiger partial charge in [0.2, 0.25) is 5.91 Å². The van der Waals surface area contributed by atoms with Crippen LogP contribution in [0.15, 0.2) is 28.2 Å². The molecule has 0 saturated heterocycles. The molecule has 0 unspecified atom stereocenters. The third-order valence-corrected chi connectivity index (χ3v) is 4.39. The third-order valence-electron chi connectivity index (χ3n) is 3.41. The summed E-state index contributed by atoms with van der Waals surface area (Å²) in [6, 6.07) is 4.56. The molecule has 0 spiro atoms. The summed E-state index contributed by atoms with van der Waals surface area (Å²) in [4.78, 5) is 34.4. The Labute approximate surface area is 153 Å². The molecule has 2 rings (SSSR count). The van der Waals surface area contributed by atoms with E-state index < -0.39 is 10.8 Å². The van der Waals surface area contributed by atoms with Gasteiger partial charge in [-0.25, -0.2) is 9.89 Å². The molecule has 0 bridgehead atoms. The molecule has 0 aliphatic heterocycles. The third kappa shape index (κ3) is 5.17. The standard InChI is InChI=1S/C15H19N5O5S/c1-10-4-5-11(12(8-10)20(23)24)16-13(21)9-26-15-18-17-14(22)19(15)6-3-7-25-2/h4-5,8H,3,6-7,9H2,1-2H3,(H,16,21)(H,17,22). The van der Waals surface area contributed by atoms with Gasteiger partial charge in [0.15, 0.2) is 5.16 Å². The molecule has 0 saturated carbocycles. The smallest absolute Gasteiger partial charge is 0.343 e. The van der Waals surface area contributed by atoms with Crippen molar-refractivity contribution in [2.24, 2.45) is 0 Å². The fraction of sp³-hybridized carbons (Fsp3) is 0.400. The van der Waals surface area contributed by atoms with E-state index in [1.807, 2.05) is 0 Å². The second-order valence-electron chi connectivity index (χ2n) is 5.42. The molecule has 0 atom stereocenters. The Kier molecular flexibility index (Phi) is 6.92. The summed E-state index contributed by atoms with van der Waals surface area (Å²) in [6.07, 6.45) is 0.630. The fourth-order valence-corrected chi connectivity index (χ4v) is 2.97. The minimum Gasteiger partial charge on any atom is -0.385 e. The van der Waals surface area contributed by atoms with Crippen molar-refractivity contribution in [3.05, 3.63) is 44.4 Å². The zero-order valence-electron chi connectivity index (χ0n) is 14.4. The fourth-order valence-electron chi connectivity index (χ4n) is 2.19. The first-order valence-electron chi connectivity index (χ1n) is 7.74. The van der Waals surface area contributed by atoms with Crippen LogP contribution in [0.4, 0.5) is 11.4 Å². The normalized spacial score (nSPS) is 10.7. The highest BCUT2D eigenvalue weighted by molar-refractivity contribution is 7.99. The maximum Gasteiger partial charge on any atom is 0.343 e. The van der Waals surface area contributed by atoms with E-state index in [0.29, 0.717) is 24.7 Å². The molecule has 0 aliphatic rings. The van der Waals surface area contributed by atoms with Gasteiger partial charge in [-0.3, -0.25) is 19.5 Å². The van der Waals surface area contributed by atoms with E-state index in [0.717, 1.165) is 17.3 Å². The number of rotatable bonds is 9. The Bertz CT molecular complexity index is 847. The highest BCUT2D eigenvalue weighted by Gasteiger charge is 2.17. The number of aromatic amines is 1. The number of anilines is 1. The minimum absolute atomic E-state index is 0.0421. The predicted molar refractivity (Wildman–Crippen MR) is 96.5 cm³/mol. The zero-order chi connectivity index (χ0) is 19.1. The van der Waals surface area contributed by atoms with Crippen LogP contribution in [-0.4, -0.2) is 45.1 Å². The van der Waals surface area contributed by atoms with Gasteiger partial charge in [0, 0.05) is 26.3 Å². The molecule has 1 heterocycles. The van der Waals surface area contributed by atoms with Gasteiger partial charge in [-0.1, -0.05) is 17.8 Å². The molecule has 10 nitrogen and oxygen atoms in total. The number of methoxy groups -OCH3 is 1. The maximum atomic E-state index is 12.1. The number of thioether (sulfide) groups is 1. The van der Waals surface area contributed by atoms with Crippen LogP contribution in [0.1, 0.15) is 12.0 Å². The van der Waals surface area contributed by atoms with Crippen LogP contribution in [0.3, 0.4) is 0 Å². The van der Waals surface area contributed by atoms with E-state index >= 15 is 0 Å². The molecule has 0 fully saturated rings. The van der Waals surface area contributed by atoms with Crippen molar-refractivity contribution in [1.82, 2.24) is 14.8 Å². The van der Waals surface area contributed by atoms with Crippen molar-refractivity contribution in [2.75, 3.05) is 24.8 Å². The molecule has 1 amide bonds. The van der Waals surface area contributed by atoms with Crippen LogP contribution >= 0.6 is 11.8 Å². The zero-order valence-corrected chi connectivity index (χ0v) is 15.2. The van der Waals surface area contributed by atoms with E-state index in [-0.39, 0.29) is 22.8 Å². The number of nitrogens with one attached hydrogen (secondary N) is 2. The van der Waals surface area contributed by atoms with Crippen LogP contribution in [0.25, 0.3) is 0 Å². The van der Waals surface area contributed by atoms with Crippen molar-refractivity contribution in [3.63, 3.8) is 0 Å². The van der Waals surface area contributed by atoms with E-state index in [1.54, 1.807) is 20.1 Å². The minimum atomic E-state index is -0.545. The van der Waals surface area contributed by atoms with Crippen LogP contribution in [0.5, 0.6) is 0 Å². The van der Waals surface area contributed by atoms with Gasteiger partial charge in [0.1, 0.15) is 5.69 Å². The molecule has 0 aliphatic carbocycles. The molecule has 11 heteroatoms. The molecule has 0 radical (unpaired) electrons. The number of carbonyl (C=O) groups is 1. The van der Waals surface area contributed by atoms with Crippen LogP contribution in [0.2, 0.25) is 0 Å². The Morgan fingerprint density at radius 3 is 2.96 bits per heavy atom. The summed E-state index contributed by atoms with van der Waals surface area (Å²) in [5, 5.41) is 20.2. The number of aryl methyl sites for hydroxylation is 1. The monoisotopic (exact) mass is 381 g/mol. The first-order valence-corrected chi connectivity index (χ1v) is 8.72. The quantitative estimate of drug-likeness (QED) is 0.291. The Hall–Kier alpha value is -2.66. The summed E-state index contributed by atoms with van der Waals surface area (Å²) >= 11 is 1.07. The average Bonchev–Trinajstić information content (AvgIpc) is 2.95. The van der Waals surface area contributed by atoms with Gasteiger partial charge in [-0.2, -0.15) is 0 Å². The van der Waals surface area contributed by atoms with Crippen molar-refractivity contribution in [1.29, 1.82) is 0 Å². The highest BCUT2D eigenvalue weighted by atomic mass is 32.2. The average molecular weight is 381 g/mol. The molecule has 2 aromatic rings. The number of H-pyrrole nitrogens is 1. The number of amides is 1. The lowest BCUT2D eigenvalue weighted by atomic mass is 10.2. The summed E-state index contributed by atoms with van der Waals surface area (Å²) < 4.78 is 6.37. The Morgan fingerprint density at radius 2 is 2.27 bits per heavy atom. The molecular formula is C15H19N5O5S. The van der Waals surface area contributed by atoms with Crippen molar-refractivity contribution in [3.8, 4) is 0 Å². The number of hydrogen-bond donors (Lipinski definition) is 2. The Morgan fingerprint density at radius 1 is 1.50 bits per heavy atom. The molecule has 1 aromatic heterocycles. The van der Waals surface area contributed by atoms with Gasteiger partial charge in [-0.05, 0) is 25.0 Å². The van der Waals surface area contributed by atoms with Gasteiger partial charge in [0.05, 0.1) is 10.7 Å². The maximum absolute atomic E-state index is 12.1. The lowest BCUT2D eigenvalue weighted by Crippen LogP contribution is -2.19. The number of hydrogen-bond acceptors (Lipinski definition) is 7. The number of nitrogens with zero attached hydrogens (tertiary/aromatic N) is 3. The van der Waals surface area contributed by atoms with Crippen LogP contribution < -0.4 is 11.0 Å². The van der Waals surface area contributed by atoms with E-state index in [4.69, 9.17) is 4.74 Å². The Balaban J connectivity index is 2.00. The molecule has 26 heavy (non-hydrogen) atoms. The van der Waals surface area contributed by atoms with Crippen LogP contribution in [0, 0.1) is 17.0 Å². The van der Waals surface area contributed by atoms with Crippen molar-refractivity contribution in [2.45, 2.75) is 25.0 Å². The van der Waals surface area contributed by atoms with Crippen molar-refractivity contribution < 1.29 is 14.5 Å². The lowest BCUT2D eigenvalue weighted by Gasteiger charge is -2.07. The van der Waals surface area contributed by atoms with E-state index in [1.165, 1.54) is 16.7 Å². The summed E-state index contributed by atoms with van der Waals surface area (Å²) in [5.41, 5.74) is 0.323. The van der Waals surface area contributed by atoms with Crippen LogP contribution in [-0.2, 0) is 16.1 Å². The first kappa shape index (κ1) is 19.7. The number of ether oxygens (including phenoxy) is 1. The predicted octanol–water partition coefficient (Wildman–Crippen LogP) is 1.56. The molecule has 2 N–H and O–H groups in total. The van der Waals surface area contributed by atoms with Gasteiger partial charge < -0.3 is 10.1 Å². The lowest BCUT2D eigenvalue weighted by molar-refractivity contribution is -0.384. The summed E-state index contributed by atoms with van der Waals surface area (Å²) in [7, 11) is 1.57. The molecular weight excluding hydrogens is 362 g/mol. The highest BCUT2D eigenvalue weighted by Crippen LogP contribution is 2.25. The second-order valence-corrected chi connectivity index (χ2v) is 6.37. The number of benzene rings is 1. The number of nitro groups is 1. The van der Waals surface area contributed by atoms with E-state index in [9.17, 15) is 19.7 Å². The van der Waals surface area contributed by atoms with Gasteiger partial charge in [0.25, 0.3) is 5.69 Å². The van der Waals surface area contributed by atoms with E-state index in [2.05, 4.69) is 15.5 Å². The topological polar surface area (TPSA) is 132 Å². The second kappa shape index (κ2) is 9.15. The summed E-state index contributed by atoms with van der Waals surface area (Å²) in [6.45, 7) is 2.64. The molecule has 1 aromatic carbocycles. The summed E-state index contributed by atoms with van der Waals surface area (Å²) in [5.74, 6) is -0.472. The number of nitro benzene ring substituents is 1. The largest absolute Gasteiger partial charge is 0.385 e. The van der Waals surface area contributed by atoms with Gasteiger partial charge in [-0.15, -0.1) is 5.10 Å². The van der Waals surface area contributed by atoms with Crippen molar-refractivity contribution >= 4 is 29.0 Å². The number of aromatic nitrogens is 3. The number of carbonyl (C=O) groups excluding carboxylic acids is 1. The SMILES string of the molecule is COCCCn1c(SCC(=O)Nc2ccc(C)cc2[N+](=O)[O-])n[nH]c1=O. The van der Waals surface area contributed by atoms with Gasteiger partial charge >= 0.3 is 5.69 Å².